The monoisotopic (exact) mass is 632 g/mol. The summed E-state index contributed by atoms with van der Waals surface area (Å²) in [6.07, 6.45) is 2.65. The summed E-state index contributed by atoms with van der Waals surface area (Å²) in [7, 11) is 3.54. The molecule has 8 rings (SSSR count). The lowest BCUT2D eigenvalue weighted by atomic mass is 10.1. The van der Waals surface area contributed by atoms with Crippen LogP contribution < -0.4 is 15.8 Å². The highest BCUT2D eigenvalue weighted by Crippen LogP contribution is 2.41. The molecule has 1 aliphatic heterocycles. The molecule has 3 aliphatic rings. The van der Waals surface area contributed by atoms with Gasteiger partial charge in [-0.15, -0.1) is 0 Å². The van der Waals surface area contributed by atoms with Crippen LogP contribution in [0.3, 0.4) is 0 Å². The molecule has 0 spiro atoms. The SMILES string of the molecule is COc1cc(C(=O)N2C[C@H]3CC[C@@H]2C3N)cc2nc(-c3cc4cccc(Nc5cnn(CC(F)(F)F)c5)c4n3CC3CC3)n(C)c12. The summed E-state index contributed by atoms with van der Waals surface area (Å²) in [5.74, 6) is 2.12. The number of nitrogens with zero attached hydrogens (tertiary/aromatic N) is 6. The summed E-state index contributed by atoms with van der Waals surface area (Å²) in [4.78, 5) is 20.7. The lowest BCUT2D eigenvalue weighted by molar-refractivity contribution is -0.142. The van der Waals surface area contributed by atoms with E-state index in [2.05, 4.69) is 21.0 Å². The van der Waals surface area contributed by atoms with Crippen molar-refractivity contribution in [1.82, 2.24) is 28.8 Å². The number of carbonyl (C=O) groups excluding carboxylic acids is 1. The summed E-state index contributed by atoms with van der Waals surface area (Å²) in [5, 5.41) is 8.17. The standard InChI is InChI=1S/C33H35F3N8O2/c1-41-30-24(10-21(12-27(30)46-2)32(45)44-15-20-8-9-25(44)28(20)37)40-31(41)26-11-19-4-3-5-23(29(19)43(26)14-18-6-7-18)39-22-13-38-42(16-22)17-33(34,35)36/h3-5,10-13,16,18,20,25,28,39H,6-9,14-15,17,37H2,1-2H3/t20-,25-,28?/m1/s1. The fourth-order valence-corrected chi connectivity index (χ4v) is 7.48. The third-order valence-corrected chi connectivity index (χ3v) is 9.86. The van der Waals surface area contributed by atoms with Crippen molar-refractivity contribution in [3.05, 3.63) is 54.4 Å². The number of rotatable bonds is 8. The first-order chi connectivity index (χ1) is 22.1. The van der Waals surface area contributed by atoms with Gasteiger partial charge in [-0.1, -0.05) is 12.1 Å². The van der Waals surface area contributed by atoms with Crippen LogP contribution in [0.25, 0.3) is 33.5 Å². The number of para-hydroxylation sites is 1. The molecular formula is C33H35F3N8O2. The second-order valence-electron chi connectivity index (χ2n) is 13.0. The second kappa shape index (κ2) is 10.5. The van der Waals surface area contributed by atoms with E-state index in [-0.39, 0.29) is 18.0 Å². The second-order valence-corrected chi connectivity index (χ2v) is 13.0. The van der Waals surface area contributed by atoms with Gasteiger partial charge in [0, 0.05) is 49.4 Å². The molecule has 240 valence electrons. The van der Waals surface area contributed by atoms with Crippen LogP contribution in [-0.4, -0.2) is 66.6 Å². The molecule has 4 heterocycles. The Labute approximate surface area is 262 Å². The quantitative estimate of drug-likeness (QED) is 0.228. The Kier molecular flexibility index (Phi) is 6.61. The van der Waals surface area contributed by atoms with Gasteiger partial charge in [0.15, 0.2) is 5.82 Å². The van der Waals surface area contributed by atoms with E-state index in [9.17, 15) is 18.0 Å². The average Bonchev–Trinajstić information content (AvgIpc) is 3.28. The molecule has 2 bridgehead atoms. The van der Waals surface area contributed by atoms with Gasteiger partial charge in [-0.2, -0.15) is 18.3 Å². The van der Waals surface area contributed by atoms with Crippen LogP contribution in [0, 0.1) is 11.8 Å². The molecule has 3 atom stereocenters. The van der Waals surface area contributed by atoms with E-state index < -0.39 is 12.7 Å². The molecule has 1 saturated heterocycles. The van der Waals surface area contributed by atoms with E-state index in [1.807, 2.05) is 40.8 Å². The predicted molar refractivity (Wildman–Crippen MR) is 168 cm³/mol. The van der Waals surface area contributed by atoms with Crippen LogP contribution in [0.4, 0.5) is 24.5 Å². The summed E-state index contributed by atoms with van der Waals surface area (Å²) < 4.78 is 49.8. The van der Waals surface area contributed by atoms with Crippen LogP contribution in [0.5, 0.6) is 5.75 Å². The Balaban J connectivity index is 1.20. The van der Waals surface area contributed by atoms with Crippen molar-refractivity contribution in [1.29, 1.82) is 0 Å². The number of hydrogen-bond donors (Lipinski definition) is 2. The van der Waals surface area contributed by atoms with E-state index in [0.29, 0.717) is 40.9 Å². The van der Waals surface area contributed by atoms with E-state index in [4.69, 9.17) is 15.5 Å². The number of nitrogens with two attached hydrogens (primary N) is 1. The van der Waals surface area contributed by atoms with Crippen LogP contribution in [0.2, 0.25) is 0 Å². The maximum Gasteiger partial charge on any atom is 0.408 e. The molecule has 1 unspecified atom stereocenters. The maximum absolute atomic E-state index is 13.7. The van der Waals surface area contributed by atoms with E-state index in [1.165, 1.54) is 12.4 Å². The topological polar surface area (TPSA) is 108 Å². The van der Waals surface area contributed by atoms with E-state index in [1.54, 1.807) is 13.2 Å². The number of aromatic nitrogens is 5. The summed E-state index contributed by atoms with van der Waals surface area (Å²) in [6.45, 7) is 0.295. The van der Waals surface area contributed by atoms with Gasteiger partial charge in [-0.3, -0.25) is 9.48 Å². The fourth-order valence-electron chi connectivity index (χ4n) is 7.48. The van der Waals surface area contributed by atoms with Crippen molar-refractivity contribution in [2.24, 2.45) is 24.6 Å². The van der Waals surface area contributed by atoms with Gasteiger partial charge in [0.05, 0.1) is 41.4 Å². The van der Waals surface area contributed by atoms with Gasteiger partial charge in [-0.25, -0.2) is 4.98 Å². The number of halogens is 3. The number of imidazole rings is 1. The molecule has 2 aromatic carbocycles. The normalized spacial score (nSPS) is 21.2. The highest BCUT2D eigenvalue weighted by atomic mass is 19.4. The highest BCUT2D eigenvalue weighted by Gasteiger charge is 2.47. The number of aryl methyl sites for hydroxylation is 1. The maximum atomic E-state index is 13.7. The first kappa shape index (κ1) is 28.9. The van der Waals surface area contributed by atoms with Crippen molar-refractivity contribution in [2.45, 2.75) is 57.0 Å². The minimum Gasteiger partial charge on any atom is -0.494 e. The lowest BCUT2D eigenvalue weighted by Crippen LogP contribution is -2.41. The number of likely N-dealkylation sites (tertiary alicyclic amines) is 1. The third-order valence-electron chi connectivity index (χ3n) is 9.86. The van der Waals surface area contributed by atoms with Gasteiger partial charge >= 0.3 is 6.18 Å². The number of nitrogens with one attached hydrogen (secondary N) is 1. The van der Waals surface area contributed by atoms with Gasteiger partial charge < -0.3 is 29.8 Å². The molecule has 5 aromatic rings. The first-order valence-corrected chi connectivity index (χ1v) is 15.7. The average molecular weight is 633 g/mol. The predicted octanol–water partition coefficient (Wildman–Crippen LogP) is 5.68. The highest BCUT2D eigenvalue weighted by molar-refractivity contribution is 6.01. The van der Waals surface area contributed by atoms with Crippen molar-refractivity contribution < 1.29 is 22.7 Å². The van der Waals surface area contributed by atoms with Gasteiger partial charge in [-0.05, 0) is 61.8 Å². The molecule has 46 heavy (non-hydrogen) atoms. The van der Waals surface area contributed by atoms with Crippen LogP contribution >= 0.6 is 0 Å². The Morgan fingerprint density at radius 2 is 1.96 bits per heavy atom. The van der Waals surface area contributed by atoms with Gasteiger partial charge in [0.25, 0.3) is 5.91 Å². The molecule has 3 N–H and O–H groups in total. The van der Waals surface area contributed by atoms with Crippen LogP contribution in [0.1, 0.15) is 36.0 Å². The number of amides is 1. The minimum atomic E-state index is -4.36. The number of piperidine rings is 1. The largest absolute Gasteiger partial charge is 0.494 e. The number of methoxy groups -OCH3 is 1. The molecule has 0 radical (unpaired) electrons. The number of benzene rings is 2. The Hall–Kier alpha value is -4.52. The zero-order valence-corrected chi connectivity index (χ0v) is 25.6. The smallest absolute Gasteiger partial charge is 0.408 e. The lowest BCUT2D eigenvalue weighted by Gasteiger charge is -2.27. The fraction of sp³-hybridized carbons (Fsp3) is 0.424. The van der Waals surface area contributed by atoms with Crippen molar-refractivity contribution in [2.75, 3.05) is 19.0 Å². The van der Waals surface area contributed by atoms with Crippen LogP contribution in [-0.2, 0) is 20.1 Å². The Bertz CT molecular complexity index is 1990. The molecule has 13 heteroatoms. The van der Waals surface area contributed by atoms with Crippen molar-refractivity contribution in [3.63, 3.8) is 0 Å². The third kappa shape index (κ3) is 4.88. The zero-order chi connectivity index (χ0) is 31.9. The van der Waals surface area contributed by atoms with Crippen molar-refractivity contribution in [3.8, 4) is 17.3 Å². The Morgan fingerprint density at radius 3 is 2.65 bits per heavy atom. The Morgan fingerprint density at radius 1 is 1.13 bits per heavy atom. The van der Waals surface area contributed by atoms with Gasteiger partial charge in [0.2, 0.25) is 0 Å². The number of ether oxygens (including phenoxy) is 1. The summed E-state index contributed by atoms with van der Waals surface area (Å²) >= 11 is 0. The first-order valence-electron chi connectivity index (χ1n) is 15.7. The molecule has 1 amide bonds. The summed E-state index contributed by atoms with van der Waals surface area (Å²) in [6, 6.07) is 11.7. The molecule has 2 aliphatic carbocycles. The summed E-state index contributed by atoms with van der Waals surface area (Å²) in [5.41, 5.74) is 11.4. The molecular weight excluding hydrogens is 597 g/mol. The zero-order valence-electron chi connectivity index (χ0n) is 25.6. The number of carbonyl (C=O) groups is 1. The van der Waals surface area contributed by atoms with Gasteiger partial charge in [0.1, 0.15) is 17.8 Å². The van der Waals surface area contributed by atoms with Crippen molar-refractivity contribution >= 4 is 39.2 Å². The number of alkyl halides is 3. The molecule has 2 saturated carbocycles. The minimum absolute atomic E-state index is 0.0277. The number of anilines is 2. The van der Waals surface area contributed by atoms with E-state index >= 15 is 0 Å². The molecule has 3 fully saturated rings. The number of fused-ring (bicyclic) bond motifs is 4. The molecule has 3 aromatic heterocycles. The number of hydrogen-bond acceptors (Lipinski definition) is 6. The van der Waals surface area contributed by atoms with E-state index in [0.717, 1.165) is 70.5 Å². The van der Waals surface area contributed by atoms with Crippen LogP contribution in [0.15, 0.2) is 48.8 Å². The molecule has 10 nitrogen and oxygen atoms in total.